The van der Waals surface area contributed by atoms with Crippen molar-refractivity contribution >= 4 is 11.9 Å². The minimum absolute atomic E-state index is 0.0509. The summed E-state index contributed by atoms with van der Waals surface area (Å²) in [6, 6.07) is 11.3. The molecule has 1 amide bonds. The molecule has 126 valence electrons. The number of amides is 1. The Hall–Kier alpha value is -2.63. The summed E-state index contributed by atoms with van der Waals surface area (Å²) in [6.07, 6.45) is 3.68. The van der Waals surface area contributed by atoms with Crippen molar-refractivity contribution in [2.45, 2.75) is 19.4 Å². The van der Waals surface area contributed by atoms with E-state index in [-0.39, 0.29) is 5.91 Å². The van der Waals surface area contributed by atoms with Crippen LogP contribution in [-0.2, 0) is 4.79 Å². The number of anilines is 1. The molecule has 0 aliphatic carbocycles. The Morgan fingerprint density at radius 3 is 2.38 bits per heavy atom. The lowest BCUT2D eigenvalue weighted by molar-refractivity contribution is -0.139. The highest BCUT2D eigenvalue weighted by molar-refractivity contribution is 5.81. The van der Waals surface area contributed by atoms with Gasteiger partial charge in [0.25, 0.3) is 5.91 Å². The maximum absolute atomic E-state index is 12.7. The number of nitrogens with zero attached hydrogens (tertiary/aromatic N) is 4. The number of para-hydroxylation sites is 1. The lowest BCUT2D eigenvalue weighted by Gasteiger charge is -2.36. The zero-order valence-corrected chi connectivity index (χ0v) is 13.8. The van der Waals surface area contributed by atoms with Crippen LogP contribution >= 0.6 is 0 Å². The second-order valence-corrected chi connectivity index (χ2v) is 5.69. The van der Waals surface area contributed by atoms with Gasteiger partial charge in [-0.3, -0.25) is 4.79 Å². The molecular weight excluding hydrogens is 304 g/mol. The van der Waals surface area contributed by atoms with Gasteiger partial charge < -0.3 is 14.5 Å². The number of hydrogen-bond acceptors (Lipinski definition) is 5. The highest BCUT2D eigenvalue weighted by Gasteiger charge is 2.28. The molecule has 3 rings (SSSR count). The zero-order chi connectivity index (χ0) is 16.8. The summed E-state index contributed by atoms with van der Waals surface area (Å²) in [5.74, 6) is 1.50. The summed E-state index contributed by atoms with van der Waals surface area (Å²) < 4.78 is 5.86. The minimum Gasteiger partial charge on any atom is -0.481 e. The molecule has 0 radical (unpaired) electrons. The van der Waals surface area contributed by atoms with Gasteiger partial charge in [-0.25, -0.2) is 9.97 Å². The van der Waals surface area contributed by atoms with E-state index in [9.17, 15) is 4.79 Å². The van der Waals surface area contributed by atoms with Crippen molar-refractivity contribution < 1.29 is 9.53 Å². The Bertz CT molecular complexity index is 643. The Morgan fingerprint density at radius 1 is 1.08 bits per heavy atom. The van der Waals surface area contributed by atoms with E-state index in [0.717, 1.165) is 24.8 Å². The Labute approximate surface area is 142 Å². The number of carbonyl (C=O) groups is 1. The number of rotatable bonds is 5. The molecule has 1 aromatic carbocycles. The van der Waals surface area contributed by atoms with Gasteiger partial charge in [0, 0.05) is 38.6 Å². The Balaban J connectivity index is 1.57. The van der Waals surface area contributed by atoms with Gasteiger partial charge in [0.1, 0.15) is 5.75 Å². The largest absolute Gasteiger partial charge is 0.481 e. The fraction of sp³-hybridized carbons (Fsp3) is 0.389. The van der Waals surface area contributed by atoms with Crippen LogP contribution in [0.5, 0.6) is 5.75 Å². The molecule has 1 aliphatic heterocycles. The van der Waals surface area contributed by atoms with Crippen molar-refractivity contribution in [2.24, 2.45) is 0 Å². The molecule has 1 atom stereocenters. The second kappa shape index (κ2) is 7.77. The normalized spacial score (nSPS) is 15.9. The predicted molar refractivity (Wildman–Crippen MR) is 92.0 cm³/mol. The first-order valence-electron chi connectivity index (χ1n) is 8.30. The van der Waals surface area contributed by atoms with Gasteiger partial charge in [0.2, 0.25) is 5.95 Å². The van der Waals surface area contributed by atoms with Crippen molar-refractivity contribution in [2.75, 3.05) is 31.1 Å². The van der Waals surface area contributed by atoms with E-state index < -0.39 is 6.10 Å². The molecule has 24 heavy (non-hydrogen) atoms. The van der Waals surface area contributed by atoms with Crippen LogP contribution in [0.1, 0.15) is 13.3 Å². The van der Waals surface area contributed by atoms with Crippen LogP contribution in [0.2, 0.25) is 0 Å². The highest BCUT2D eigenvalue weighted by Crippen LogP contribution is 2.16. The highest BCUT2D eigenvalue weighted by atomic mass is 16.5. The third-order valence-electron chi connectivity index (χ3n) is 4.09. The number of hydrogen-bond donors (Lipinski definition) is 0. The fourth-order valence-electron chi connectivity index (χ4n) is 2.76. The van der Waals surface area contributed by atoms with Crippen LogP contribution in [0.15, 0.2) is 48.8 Å². The number of ether oxygens (including phenoxy) is 1. The SMILES string of the molecule is CC[C@@H](Oc1ccccc1)C(=O)N1CCN(c2ncccn2)CC1. The van der Waals surface area contributed by atoms with E-state index in [1.54, 1.807) is 18.5 Å². The van der Waals surface area contributed by atoms with E-state index in [2.05, 4.69) is 14.9 Å². The van der Waals surface area contributed by atoms with Crippen molar-refractivity contribution in [3.8, 4) is 5.75 Å². The molecule has 6 nitrogen and oxygen atoms in total. The first-order chi connectivity index (χ1) is 11.8. The maximum Gasteiger partial charge on any atom is 0.263 e. The van der Waals surface area contributed by atoms with Crippen LogP contribution in [-0.4, -0.2) is 53.1 Å². The first kappa shape index (κ1) is 16.2. The van der Waals surface area contributed by atoms with Crippen LogP contribution < -0.4 is 9.64 Å². The summed E-state index contributed by atoms with van der Waals surface area (Å²) in [5.41, 5.74) is 0. The van der Waals surface area contributed by atoms with Crippen molar-refractivity contribution in [1.29, 1.82) is 0 Å². The van der Waals surface area contributed by atoms with Crippen molar-refractivity contribution in [3.63, 3.8) is 0 Å². The summed E-state index contributed by atoms with van der Waals surface area (Å²) >= 11 is 0. The van der Waals surface area contributed by atoms with Crippen LogP contribution in [0, 0.1) is 0 Å². The molecule has 1 aliphatic rings. The second-order valence-electron chi connectivity index (χ2n) is 5.69. The van der Waals surface area contributed by atoms with Crippen LogP contribution in [0.3, 0.4) is 0 Å². The summed E-state index contributed by atoms with van der Waals surface area (Å²) in [7, 11) is 0. The molecule has 1 fully saturated rings. The van der Waals surface area contributed by atoms with Gasteiger partial charge in [0.15, 0.2) is 6.10 Å². The lowest BCUT2D eigenvalue weighted by Crippen LogP contribution is -2.52. The smallest absolute Gasteiger partial charge is 0.263 e. The van der Waals surface area contributed by atoms with E-state index in [1.807, 2.05) is 42.2 Å². The fourth-order valence-corrected chi connectivity index (χ4v) is 2.76. The molecule has 0 unspecified atom stereocenters. The molecule has 2 aromatic rings. The number of piperazine rings is 1. The number of carbonyl (C=O) groups excluding carboxylic acids is 1. The standard InChI is InChI=1S/C18H22N4O2/c1-2-16(24-15-7-4-3-5-8-15)17(23)21-11-13-22(14-12-21)18-19-9-6-10-20-18/h3-10,16H,2,11-14H2,1H3/t16-/m1/s1. The summed E-state index contributed by atoms with van der Waals surface area (Å²) in [4.78, 5) is 25.2. The Kier molecular flexibility index (Phi) is 5.25. The van der Waals surface area contributed by atoms with E-state index in [0.29, 0.717) is 19.5 Å². The van der Waals surface area contributed by atoms with Crippen molar-refractivity contribution in [3.05, 3.63) is 48.8 Å². The van der Waals surface area contributed by atoms with Crippen LogP contribution in [0.4, 0.5) is 5.95 Å². The van der Waals surface area contributed by atoms with Gasteiger partial charge in [-0.2, -0.15) is 0 Å². The number of benzene rings is 1. The van der Waals surface area contributed by atoms with E-state index in [1.165, 1.54) is 0 Å². The van der Waals surface area contributed by atoms with E-state index >= 15 is 0 Å². The van der Waals surface area contributed by atoms with Gasteiger partial charge >= 0.3 is 0 Å². The third-order valence-corrected chi connectivity index (χ3v) is 4.09. The molecular formula is C18H22N4O2. The monoisotopic (exact) mass is 326 g/mol. The molecule has 0 bridgehead atoms. The average molecular weight is 326 g/mol. The third kappa shape index (κ3) is 3.82. The molecule has 0 saturated carbocycles. The zero-order valence-electron chi connectivity index (χ0n) is 13.8. The molecule has 1 saturated heterocycles. The molecule has 6 heteroatoms. The van der Waals surface area contributed by atoms with Crippen LogP contribution in [0.25, 0.3) is 0 Å². The van der Waals surface area contributed by atoms with Gasteiger partial charge in [-0.05, 0) is 24.6 Å². The summed E-state index contributed by atoms with van der Waals surface area (Å²) in [6.45, 7) is 4.76. The quantitative estimate of drug-likeness (QED) is 0.841. The van der Waals surface area contributed by atoms with Gasteiger partial charge in [-0.15, -0.1) is 0 Å². The maximum atomic E-state index is 12.7. The molecule has 1 aromatic heterocycles. The van der Waals surface area contributed by atoms with Crippen molar-refractivity contribution in [1.82, 2.24) is 14.9 Å². The molecule has 0 N–H and O–H groups in total. The predicted octanol–water partition coefficient (Wildman–Crippen LogP) is 1.98. The van der Waals surface area contributed by atoms with Gasteiger partial charge in [-0.1, -0.05) is 25.1 Å². The number of aromatic nitrogens is 2. The minimum atomic E-state index is -0.438. The summed E-state index contributed by atoms with van der Waals surface area (Å²) in [5, 5.41) is 0. The lowest BCUT2D eigenvalue weighted by atomic mass is 10.2. The average Bonchev–Trinajstić information content (AvgIpc) is 2.67. The molecule has 0 spiro atoms. The van der Waals surface area contributed by atoms with E-state index in [4.69, 9.17) is 4.74 Å². The van der Waals surface area contributed by atoms with Gasteiger partial charge in [0.05, 0.1) is 0 Å². The first-order valence-corrected chi connectivity index (χ1v) is 8.30. The topological polar surface area (TPSA) is 58.6 Å². The molecule has 2 heterocycles. The Morgan fingerprint density at radius 2 is 1.75 bits per heavy atom.